The number of esters is 1. The van der Waals surface area contributed by atoms with E-state index in [1.165, 1.54) is 12.7 Å². The quantitative estimate of drug-likeness (QED) is 0.608. The number of anilines is 4. The fourth-order valence-corrected chi connectivity index (χ4v) is 2.86. The van der Waals surface area contributed by atoms with E-state index in [1.54, 1.807) is 24.4 Å². The molecule has 2 aromatic carbocycles. The average molecular weight is 377 g/mol. The summed E-state index contributed by atoms with van der Waals surface area (Å²) < 4.78 is 4.75. The van der Waals surface area contributed by atoms with Crippen LogP contribution in [0.1, 0.15) is 41.3 Å². The molecule has 0 fully saturated rings. The van der Waals surface area contributed by atoms with Crippen LogP contribution in [0.4, 0.5) is 23.1 Å². The van der Waals surface area contributed by atoms with Crippen molar-refractivity contribution in [2.75, 3.05) is 17.7 Å². The third-order valence-electron chi connectivity index (χ3n) is 4.28. The smallest absolute Gasteiger partial charge is 0.337 e. The van der Waals surface area contributed by atoms with Gasteiger partial charge in [-0.3, -0.25) is 0 Å². The molecule has 0 spiro atoms. The number of aromatic nitrogens is 3. The number of rotatable bonds is 6. The molecule has 28 heavy (non-hydrogen) atoms. The molecule has 0 aliphatic heterocycles. The Morgan fingerprint density at radius 3 is 2.64 bits per heavy atom. The summed E-state index contributed by atoms with van der Waals surface area (Å²) in [7, 11) is 1.35. The normalized spacial score (nSPS) is 10.6. The van der Waals surface area contributed by atoms with Crippen LogP contribution >= 0.6 is 0 Å². The van der Waals surface area contributed by atoms with Gasteiger partial charge < -0.3 is 15.4 Å². The van der Waals surface area contributed by atoms with Crippen molar-refractivity contribution in [1.82, 2.24) is 15.2 Å². The standard InChI is InChI=1S/C21H23N5O2/c1-13(2)17-10-5-7-14(3)19(17)24-18-12-22-26-21(25-18)23-16-9-6-8-15(11-16)20(27)28-4/h5-13H,1-4H3,(H2,23,24,25,26). The van der Waals surface area contributed by atoms with Gasteiger partial charge in [0.2, 0.25) is 5.95 Å². The van der Waals surface area contributed by atoms with Gasteiger partial charge in [0.15, 0.2) is 5.82 Å². The number of nitrogens with zero attached hydrogens (tertiary/aromatic N) is 3. The lowest BCUT2D eigenvalue weighted by Crippen LogP contribution is -2.06. The molecular formula is C21H23N5O2. The van der Waals surface area contributed by atoms with Crippen molar-refractivity contribution in [1.29, 1.82) is 0 Å². The van der Waals surface area contributed by atoms with E-state index < -0.39 is 5.97 Å². The number of carbonyl (C=O) groups is 1. The highest BCUT2D eigenvalue weighted by atomic mass is 16.5. The monoisotopic (exact) mass is 377 g/mol. The predicted molar refractivity (Wildman–Crippen MR) is 109 cm³/mol. The van der Waals surface area contributed by atoms with E-state index in [2.05, 4.69) is 64.8 Å². The van der Waals surface area contributed by atoms with Gasteiger partial charge in [-0.2, -0.15) is 10.1 Å². The summed E-state index contributed by atoms with van der Waals surface area (Å²) in [5, 5.41) is 14.5. The van der Waals surface area contributed by atoms with Crippen molar-refractivity contribution in [3.05, 3.63) is 65.4 Å². The molecule has 0 amide bonds. The Labute approximate surface area is 164 Å². The Hall–Kier alpha value is -3.48. The van der Waals surface area contributed by atoms with Crippen molar-refractivity contribution in [2.45, 2.75) is 26.7 Å². The molecule has 1 aromatic heterocycles. The maximum Gasteiger partial charge on any atom is 0.337 e. The van der Waals surface area contributed by atoms with E-state index in [0.717, 1.165) is 11.3 Å². The first-order valence-corrected chi connectivity index (χ1v) is 8.99. The first-order valence-electron chi connectivity index (χ1n) is 8.99. The second-order valence-electron chi connectivity index (χ2n) is 6.68. The van der Waals surface area contributed by atoms with Crippen LogP contribution < -0.4 is 10.6 Å². The first kappa shape index (κ1) is 19.3. The molecule has 0 saturated heterocycles. The van der Waals surface area contributed by atoms with Crippen molar-refractivity contribution >= 4 is 29.1 Å². The highest BCUT2D eigenvalue weighted by Crippen LogP contribution is 2.29. The van der Waals surface area contributed by atoms with Gasteiger partial charge in [-0.05, 0) is 42.2 Å². The van der Waals surface area contributed by atoms with E-state index in [9.17, 15) is 4.79 Å². The van der Waals surface area contributed by atoms with Gasteiger partial charge in [-0.1, -0.05) is 38.1 Å². The maximum absolute atomic E-state index is 11.7. The van der Waals surface area contributed by atoms with E-state index in [1.807, 2.05) is 6.07 Å². The largest absolute Gasteiger partial charge is 0.465 e. The van der Waals surface area contributed by atoms with E-state index in [-0.39, 0.29) is 0 Å². The molecule has 1 heterocycles. The molecule has 3 aromatic rings. The molecule has 3 rings (SSSR count). The van der Waals surface area contributed by atoms with Gasteiger partial charge >= 0.3 is 5.97 Å². The highest BCUT2D eigenvalue weighted by Gasteiger charge is 2.11. The molecule has 0 saturated carbocycles. The molecule has 0 aliphatic carbocycles. The number of para-hydroxylation sites is 1. The number of benzene rings is 2. The average Bonchev–Trinajstić information content (AvgIpc) is 2.69. The van der Waals surface area contributed by atoms with E-state index in [4.69, 9.17) is 4.74 Å². The van der Waals surface area contributed by atoms with Gasteiger partial charge in [0.05, 0.1) is 18.9 Å². The van der Waals surface area contributed by atoms with Gasteiger partial charge in [0.1, 0.15) is 0 Å². The Morgan fingerprint density at radius 1 is 1.11 bits per heavy atom. The second-order valence-corrected chi connectivity index (χ2v) is 6.68. The Kier molecular flexibility index (Phi) is 5.84. The van der Waals surface area contributed by atoms with E-state index in [0.29, 0.717) is 28.9 Å². The first-order chi connectivity index (χ1) is 13.5. The lowest BCUT2D eigenvalue weighted by Gasteiger charge is -2.17. The topological polar surface area (TPSA) is 89.0 Å². The van der Waals surface area contributed by atoms with Crippen molar-refractivity contribution < 1.29 is 9.53 Å². The SMILES string of the molecule is COC(=O)c1cccc(Nc2nncc(Nc3c(C)cccc3C(C)C)n2)c1. The molecule has 2 N–H and O–H groups in total. The minimum atomic E-state index is -0.404. The van der Waals surface area contributed by atoms with Crippen LogP contribution in [-0.4, -0.2) is 28.3 Å². The van der Waals surface area contributed by atoms with Crippen molar-refractivity contribution in [3.8, 4) is 0 Å². The molecule has 0 unspecified atom stereocenters. The second kappa shape index (κ2) is 8.47. The zero-order chi connectivity index (χ0) is 20.1. The number of methoxy groups -OCH3 is 1. The third kappa shape index (κ3) is 4.43. The molecule has 0 aliphatic rings. The van der Waals surface area contributed by atoms with Crippen LogP contribution in [0.15, 0.2) is 48.7 Å². The van der Waals surface area contributed by atoms with Crippen LogP contribution in [-0.2, 0) is 4.74 Å². The van der Waals surface area contributed by atoms with Gasteiger partial charge in [0, 0.05) is 11.4 Å². The van der Waals surface area contributed by atoms with Gasteiger partial charge in [-0.25, -0.2) is 4.79 Å². The summed E-state index contributed by atoms with van der Waals surface area (Å²) in [6, 6.07) is 13.1. The molecule has 0 radical (unpaired) electrons. The molecule has 7 heteroatoms. The number of hydrogen-bond acceptors (Lipinski definition) is 7. The molecule has 144 valence electrons. The summed E-state index contributed by atoms with van der Waals surface area (Å²) in [6.07, 6.45) is 1.58. The van der Waals surface area contributed by atoms with Gasteiger partial charge in [-0.15, -0.1) is 5.10 Å². The van der Waals surface area contributed by atoms with Crippen LogP contribution in [0, 0.1) is 6.92 Å². The molecular weight excluding hydrogens is 354 g/mol. The Morgan fingerprint density at radius 2 is 1.89 bits per heavy atom. The van der Waals surface area contributed by atoms with Gasteiger partial charge in [0.25, 0.3) is 0 Å². The Balaban J connectivity index is 1.84. The van der Waals surface area contributed by atoms with Crippen LogP contribution in [0.2, 0.25) is 0 Å². The number of hydrogen-bond donors (Lipinski definition) is 2. The number of ether oxygens (including phenoxy) is 1. The van der Waals surface area contributed by atoms with Crippen LogP contribution in [0.3, 0.4) is 0 Å². The van der Waals surface area contributed by atoms with Crippen LogP contribution in [0.5, 0.6) is 0 Å². The predicted octanol–water partition coefficient (Wildman–Crippen LogP) is 4.58. The Bertz CT molecular complexity index is 988. The summed E-state index contributed by atoms with van der Waals surface area (Å²) >= 11 is 0. The summed E-state index contributed by atoms with van der Waals surface area (Å²) in [6.45, 7) is 6.36. The van der Waals surface area contributed by atoms with Crippen molar-refractivity contribution in [3.63, 3.8) is 0 Å². The van der Waals surface area contributed by atoms with Crippen molar-refractivity contribution in [2.24, 2.45) is 0 Å². The number of aryl methyl sites for hydroxylation is 1. The van der Waals surface area contributed by atoms with E-state index >= 15 is 0 Å². The minimum Gasteiger partial charge on any atom is -0.465 e. The lowest BCUT2D eigenvalue weighted by atomic mass is 9.98. The maximum atomic E-state index is 11.7. The highest BCUT2D eigenvalue weighted by molar-refractivity contribution is 5.90. The number of carbonyl (C=O) groups excluding carboxylic acids is 1. The lowest BCUT2D eigenvalue weighted by molar-refractivity contribution is 0.0601. The fraction of sp³-hybridized carbons (Fsp3) is 0.238. The van der Waals surface area contributed by atoms with Crippen LogP contribution in [0.25, 0.3) is 0 Å². The third-order valence-corrected chi connectivity index (χ3v) is 4.28. The summed E-state index contributed by atoms with van der Waals surface area (Å²) in [5.74, 6) is 0.874. The zero-order valence-electron chi connectivity index (χ0n) is 16.4. The number of nitrogens with one attached hydrogen (secondary N) is 2. The molecule has 7 nitrogen and oxygen atoms in total. The minimum absolute atomic E-state index is 0.326. The fourth-order valence-electron chi connectivity index (χ4n) is 2.86. The molecule has 0 atom stereocenters. The molecule has 0 bridgehead atoms. The summed E-state index contributed by atoms with van der Waals surface area (Å²) in [4.78, 5) is 16.2. The zero-order valence-corrected chi connectivity index (χ0v) is 16.4. The summed E-state index contributed by atoms with van der Waals surface area (Å²) in [5.41, 5.74) is 4.47.